The van der Waals surface area contributed by atoms with E-state index in [9.17, 15) is 0 Å². The Morgan fingerprint density at radius 1 is 0.909 bits per heavy atom. The molecule has 1 aliphatic heterocycles. The lowest BCUT2D eigenvalue weighted by atomic mass is 10.1. The smallest absolute Gasteiger partial charge is 0.0646 e. The number of halogens is 1. The molecule has 3 rings (SSSR count). The fourth-order valence-electron chi connectivity index (χ4n) is 2.65. The van der Waals surface area contributed by atoms with Gasteiger partial charge in [-0.25, -0.2) is 0 Å². The van der Waals surface area contributed by atoms with Crippen molar-refractivity contribution in [3.05, 3.63) is 64.6 Å². The predicted molar refractivity (Wildman–Crippen MR) is 96.6 cm³/mol. The van der Waals surface area contributed by atoms with Gasteiger partial charge in [0.15, 0.2) is 0 Å². The van der Waals surface area contributed by atoms with E-state index >= 15 is 0 Å². The van der Waals surface area contributed by atoms with E-state index in [2.05, 4.69) is 87.4 Å². The average Bonchev–Trinajstić information content (AvgIpc) is 2.57. The molecule has 0 N–H and O–H groups in total. The monoisotopic (exact) mass is 357 g/mol. The molecule has 0 radical (unpaired) electrons. The minimum Gasteiger partial charge on any atom is -0.368 e. The molecule has 1 heterocycles. The molecule has 0 atom stereocenters. The van der Waals surface area contributed by atoms with Crippen LogP contribution in [0, 0.1) is 0 Å². The van der Waals surface area contributed by atoms with E-state index in [0.717, 1.165) is 36.4 Å². The molecular formula is C18H20BrN3. The largest absolute Gasteiger partial charge is 0.368 e. The molecule has 3 nitrogen and oxygen atoms in total. The van der Waals surface area contributed by atoms with Crippen molar-refractivity contribution in [2.75, 3.05) is 31.1 Å². The quantitative estimate of drug-likeness (QED) is 0.773. The van der Waals surface area contributed by atoms with Gasteiger partial charge in [0.1, 0.15) is 0 Å². The van der Waals surface area contributed by atoms with Gasteiger partial charge in [-0.3, -0.25) is 5.01 Å². The highest BCUT2D eigenvalue weighted by Gasteiger charge is 2.15. The Hall–Kier alpha value is -1.81. The summed E-state index contributed by atoms with van der Waals surface area (Å²) in [6.07, 6.45) is 0. The van der Waals surface area contributed by atoms with Gasteiger partial charge in [0.25, 0.3) is 0 Å². The molecule has 0 spiro atoms. The Morgan fingerprint density at radius 2 is 1.55 bits per heavy atom. The Labute approximate surface area is 140 Å². The molecule has 2 aromatic carbocycles. The molecule has 114 valence electrons. The first-order valence-corrected chi connectivity index (χ1v) is 8.38. The zero-order valence-corrected chi connectivity index (χ0v) is 14.3. The van der Waals surface area contributed by atoms with Crippen molar-refractivity contribution in [1.29, 1.82) is 0 Å². The Morgan fingerprint density at radius 3 is 2.18 bits per heavy atom. The first-order chi connectivity index (χ1) is 10.7. The molecule has 4 heteroatoms. The molecule has 1 saturated heterocycles. The van der Waals surface area contributed by atoms with Crippen LogP contribution in [0.15, 0.2) is 64.2 Å². The second-order valence-corrected chi connectivity index (χ2v) is 6.38. The molecule has 2 aromatic rings. The van der Waals surface area contributed by atoms with Crippen LogP contribution in [0.2, 0.25) is 0 Å². The summed E-state index contributed by atoms with van der Waals surface area (Å²) in [6, 6.07) is 18.9. The number of rotatable bonds is 3. The van der Waals surface area contributed by atoms with Crippen LogP contribution in [0.3, 0.4) is 0 Å². The third-order valence-corrected chi connectivity index (χ3v) is 4.46. The van der Waals surface area contributed by atoms with Crippen LogP contribution >= 0.6 is 15.9 Å². The summed E-state index contributed by atoms with van der Waals surface area (Å²) < 4.78 is 1.10. The van der Waals surface area contributed by atoms with Gasteiger partial charge >= 0.3 is 0 Å². The summed E-state index contributed by atoms with van der Waals surface area (Å²) >= 11 is 3.47. The maximum absolute atomic E-state index is 4.77. The van der Waals surface area contributed by atoms with E-state index in [1.165, 1.54) is 11.3 Å². The first kappa shape index (κ1) is 15.1. The highest BCUT2D eigenvalue weighted by atomic mass is 79.9. The van der Waals surface area contributed by atoms with Gasteiger partial charge in [-0.2, -0.15) is 5.10 Å². The number of hydrazone groups is 1. The molecule has 1 aliphatic rings. The van der Waals surface area contributed by atoms with E-state index in [4.69, 9.17) is 5.10 Å². The van der Waals surface area contributed by atoms with Crippen molar-refractivity contribution in [2.45, 2.75) is 6.92 Å². The first-order valence-electron chi connectivity index (χ1n) is 7.58. The Bertz CT molecular complexity index is 629. The lowest BCUT2D eigenvalue weighted by molar-refractivity contribution is 0.270. The average molecular weight is 358 g/mol. The van der Waals surface area contributed by atoms with Crippen LogP contribution in [-0.4, -0.2) is 36.9 Å². The lowest BCUT2D eigenvalue weighted by Crippen LogP contribution is -2.44. The van der Waals surface area contributed by atoms with Crippen LogP contribution in [0.25, 0.3) is 0 Å². The molecule has 22 heavy (non-hydrogen) atoms. The van der Waals surface area contributed by atoms with Crippen LogP contribution < -0.4 is 4.90 Å². The maximum Gasteiger partial charge on any atom is 0.0646 e. The third kappa shape index (κ3) is 3.69. The summed E-state index contributed by atoms with van der Waals surface area (Å²) in [5.41, 5.74) is 3.55. The molecular weight excluding hydrogens is 338 g/mol. The SMILES string of the molecule is C/C(=N\N1CCN(c2ccccc2)CC1)c1ccc(Br)cc1. The maximum atomic E-state index is 4.77. The van der Waals surface area contributed by atoms with E-state index < -0.39 is 0 Å². The van der Waals surface area contributed by atoms with Crippen molar-refractivity contribution in [1.82, 2.24) is 5.01 Å². The summed E-state index contributed by atoms with van der Waals surface area (Å²) in [4.78, 5) is 2.42. The fraction of sp³-hybridized carbons (Fsp3) is 0.278. The van der Waals surface area contributed by atoms with Crippen LogP contribution in [0.4, 0.5) is 5.69 Å². The topological polar surface area (TPSA) is 18.8 Å². The number of hydrogen-bond acceptors (Lipinski definition) is 3. The van der Waals surface area contributed by atoms with E-state index in [-0.39, 0.29) is 0 Å². The molecule has 0 aliphatic carbocycles. The second-order valence-electron chi connectivity index (χ2n) is 5.47. The second kappa shape index (κ2) is 6.97. The number of anilines is 1. The van der Waals surface area contributed by atoms with Crippen molar-refractivity contribution in [3.8, 4) is 0 Å². The van der Waals surface area contributed by atoms with Crippen molar-refractivity contribution in [3.63, 3.8) is 0 Å². The standard InChI is InChI=1S/C18H20BrN3/c1-15(16-7-9-17(19)10-8-16)20-22-13-11-21(12-14-22)18-5-3-2-4-6-18/h2-10H,11-14H2,1H3/b20-15+. The summed E-state index contributed by atoms with van der Waals surface area (Å²) in [5, 5.41) is 6.95. The van der Waals surface area contributed by atoms with E-state index in [0.29, 0.717) is 0 Å². The van der Waals surface area contributed by atoms with Crippen molar-refractivity contribution < 1.29 is 0 Å². The third-order valence-electron chi connectivity index (χ3n) is 3.93. The molecule has 0 amide bonds. The van der Waals surface area contributed by atoms with Gasteiger partial charge in [-0.05, 0) is 36.8 Å². The number of para-hydroxylation sites is 1. The Kier molecular flexibility index (Phi) is 4.78. The zero-order valence-electron chi connectivity index (χ0n) is 12.7. The number of benzene rings is 2. The highest BCUT2D eigenvalue weighted by Crippen LogP contribution is 2.16. The number of hydrogen-bond donors (Lipinski definition) is 0. The van der Waals surface area contributed by atoms with Crippen LogP contribution in [-0.2, 0) is 0 Å². The van der Waals surface area contributed by atoms with Gasteiger partial charge in [-0.1, -0.05) is 46.3 Å². The summed E-state index contributed by atoms with van der Waals surface area (Å²) in [6.45, 7) is 6.03. The molecule has 1 fully saturated rings. The van der Waals surface area contributed by atoms with Gasteiger partial charge in [0.2, 0.25) is 0 Å². The molecule has 0 saturated carbocycles. The Balaban J connectivity index is 1.61. The molecule has 0 bridgehead atoms. The van der Waals surface area contributed by atoms with Gasteiger partial charge < -0.3 is 4.90 Å². The summed E-state index contributed by atoms with van der Waals surface area (Å²) in [7, 11) is 0. The van der Waals surface area contributed by atoms with Crippen molar-refractivity contribution in [2.24, 2.45) is 5.10 Å². The fourth-order valence-corrected chi connectivity index (χ4v) is 2.92. The van der Waals surface area contributed by atoms with Gasteiger partial charge in [-0.15, -0.1) is 0 Å². The highest BCUT2D eigenvalue weighted by molar-refractivity contribution is 9.10. The van der Waals surface area contributed by atoms with E-state index in [1.54, 1.807) is 0 Å². The van der Waals surface area contributed by atoms with Gasteiger partial charge in [0.05, 0.1) is 18.8 Å². The minimum absolute atomic E-state index is 0.961. The van der Waals surface area contributed by atoms with E-state index in [1.807, 2.05) is 0 Å². The number of piperazine rings is 1. The lowest BCUT2D eigenvalue weighted by Gasteiger charge is -2.34. The van der Waals surface area contributed by atoms with Gasteiger partial charge in [0, 0.05) is 23.2 Å². The number of nitrogens with zero attached hydrogens (tertiary/aromatic N) is 3. The molecule has 0 aromatic heterocycles. The van der Waals surface area contributed by atoms with Crippen LogP contribution in [0.1, 0.15) is 12.5 Å². The predicted octanol–water partition coefficient (Wildman–Crippen LogP) is 4.00. The van der Waals surface area contributed by atoms with Crippen molar-refractivity contribution >= 4 is 27.3 Å². The summed E-state index contributed by atoms with van der Waals surface area (Å²) in [5.74, 6) is 0. The molecule has 0 unspecified atom stereocenters. The normalized spacial score (nSPS) is 16.0. The van der Waals surface area contributed by atoms with Crippen LogP contribution in [0.5, 0.6) is 0 Å². The minimum atomic E-state index is 0.961. The zero-order chi connectivity index (χ0) is 15.4.